The Morgan fingerprint density at radius 2 is 1.88 bits per heavy atom. The minimum absolute atomic E-state index is 0. The van der Waals surface area contributed by atoms with Crippen LogP contribution in [0, 0.1) is 0 Å². The van der Waals surface area contributed by atoms with Crippen LogP contribution in [0.2, 0.25) is 0 Å². The Kier molecular flexibility index (Phi) is 8.78. The van der Waals surface area contributed by atoms with Crippen molar-refractivity contribution in [2.75, 3.05) is 7.05 Å². The predicted molar refractivity (Wildman–Crippen MR) is 51.8 cm³/mol. The standard InChI is InChI=1S/C9H13NO5.Mg/c1-3-7(11)10(2)6(9(14)15)4-5-8(12)13;/h3,6H,1,4-5H2,2H3,(H,12,13)(H,14,15);/q;+2/p-2/t6-;/m0./s1. The fraction of sp³-hybridized carbons (Fsp3) is 0.444. The minimum Gasteiger partial charge on any atom is -0.550 e. The van der Waals surface area contributed by atoms with Gasteiger partial charge in [0.15, 0.2) is 0 Å². The third kappa shape index (κ3) is 5.71. The molecule has 84 valence electrons. The monoisotopic (exact) mass is 237 g/mol. The topological polar surface area (TPSA) is 101 Å². The maximum absolute atomic E-state index is 11.1. The molecule has 0 aliphatic rings. The third-order valence-electron chi connectivity index (χ3n) is 1.88. The minimum atomic E-state index is -1.51. The van der Waals surface area contributed by atoms with Crippen LogP contribution < -0.4 is 10.2 Å². The van der Waals surface area contributed by atoms with E-state index in [1.807, 2.05) is 0 Å². The molecule has 0 aliphatic carbocycles. The molecule has 0 aromatic carbocycles. The van der Waals surface area contributed by atoms with Crippen molar-refractivity contribution in [1.29, 1.82) is 0 Å². The van der Waals surface area contributed by atoms with Crippen molar-refractivity contribution in [3.63, 3.8) is 0 Å². The van der Waals surface area contributed by atoms with Gasteiger partial charge in [0.25, 0.3) is 0 Å². The molecule has 0 radical (unpaired) electrons. The zero-order chi connectivity index (χ0) is 12.0. The summed E-state index contributed by atoms with van der Waals surface area (Å²) in [5.41, 5.74) is 0. The van der Waals surface area contributed by atoms with Gasteiger partial charge in [0.1, 0.15) is 0 Å². The summed E-state index contributed by atoms with van der Waals surface area (Å²) in [6.45, 7) is 3.19. The Labute approximate surface area is 109 Å². The molecule has 0 spiro atoms. The van der Waals surface area contributed by atoms with E-state index in [1.165, 1.54) is 7.05 Å². The van der Waals surface area contributed by atoms with Gasteiger partial charge < -0.3 is 24.7 Å². The van der Waals surface area contributed by atoms with E-state index < -0.39 is 30.3 Å². The summed E-state index contributed by atoms with van der Waals surface area (Å²) in [5.74, 6) is -3.49. The van der Waals surface area contributed by atoms with Crippen LogP contribution in [0.3, 0.4) is 0 Å². The van der Waals surface area contributed by atoms with Crippen LogP contribution in [0.1, 0.15) is 12.8 Å². The van der Waals surface area contributed by atoms with Crippen LogP contribution in [0.15, 0.2) is 12.7 Å². The molecule has 0 saturated heterocycles. The second-order valence-electron chi connectivity index (χ2n) is 2.90. The first-order valence-electron chi connectivity index (χ1n) is 4.20. The van der Waals surface area contributed by atoms with E-state index in [2.05, 4.69) is 6.58 Å². The first-order chi connectivity index (χ1) is 6.90. The number of hydrogen-bond acceptors (Lipinski definition) is 5. The maximum atomic E-state index is 11.1. The number of carbonyl (C=O) groups is 3. The molecule has 7 heteroatoms. The summed E-state index contributed by atoms with van der Waals surface area (Å²) in [5, 5.41) is 20.8. The van der Waals surface area contributed by atoms with Gasteiger partial charge in [-0.25, -0.2) is 0 Å². The van der Waals surface area contributed by atoms with Crippen LogP contribution in [0.4, 0.5) is 0 Å². The van der Waals surface area contributed by atoms with E-state index in [-0.39, 0.29) is 29.5 Å². The van der Waals surface area contributed by atoms with E-state index in [4.69, 9.17) is 0 Å². The molecule has 0 aromatic heterocycles. The molecule has 1 atom stereocenters. The first-order valence-corrected chi connectivity index (χ1v) is 4.20. The predicted octanol–water partition coefficient (Wildman–Crippen LogP) is -3.10. The number of carboxylic acid groups (broad SMARTS) is 2. The number of likely N-dealkylation sites (N-methyl/N-ethyl adjacent to an activating group) is 1. The molecule has 0 fully saturated rings. The van der Waals surface area contributed by atoms with Crippen molar-refractivity contribution >= 4 is 40.9 Å². The number of hydrogen-bond donors (Lipinski definition) is 0. The Morgan fingerprint density at radius 3 is 2.19 bits per heavy atom. The number of rotatable bonds is 6. The average molecular weight is 237 g/mol. The molecule has 0 heterocycles. The van der Waals surface area contributed by atoms with Gasteiger partial charge in [-0.2, -0.15) is 0 Å². The molecule has 1 amide bonds. The molecule has 6 nitrogen and oxygen atoms in total. The quantitative estimate of drug-likeness (QED) is 0.360. The molecule has 0 aromatic rings. The molecular formula is C9H11MgNO5. The SMILES string of the molecule is C=CC(=O)N(C)[C@@H](CCC(=O)[O-])C(=O)[O-].[Mg+2]. The van der Waals surface area contributed by atoms with Crippen LogP contribution >= 0.6 is 0 Å². The van der Waals surface area contributed by atoms with Crippen molar-refractivity contribution in [2.45, 2.75) is 18.9 Å². The number of amides is 1. The van der Waals surface area contributed by atoms with Gasteiger partial charge in [0, 0.05) is 13.0 Å². The largest absolute Gasteiger partial charge is 2.00 e. The Bertz CT molecular complexity index is 292. The molecule has 0 rings (SSSR count). The molecule has 0 unspecified atom stereocenters. The van der Waals surface area contributed by atoms with Gasteiger partial charge in [-0.1, -0.05) is 6.58 Å². The van der Waals surface area contributed by atoms with Crippen LogP contribution in [0.5, 0.6) is 0 Å². The summed E-state index contributed by atoms with van der Waals surface area (Å²) in [6, 6.07) is -1.28. The first kappa shape index (κ1) is 17.3. The number of carbonyl (C=O) groups excluding carboxylic acids is 3. The molecule has 0 N–H and O–H groups in total. The molecule has 16 heavy (non-hydrogen) atoms. The van der Waals surface area contributed by atoms with Gasteiger partial charge >= 0.3 is 23.1 Å². The van der Waals surface area contributed by atoms with Crippen LogP contribution in [-0.2, 0) is 14.4 Å². The molecule has 0 saturated carbocycles. The number of carboxylic acids is 2. The van der Waals surface area contributed by atoms with E-state index in [1.54, 1.807) is 0 Å². The van der Waals surface area contributed by atoms with Crippen molar-refractivity contribution in [1.82, 2.24) is 4.90 Å². The van der Waals surface area contributed by atoms with Gasteiger partial charge in [-0.05, 0) is 18.9 Å². The smallest absolute Gasteiger partial charge is 0.550 e. The Balaban J connectivity index is 0. The summed E-state index contributed by atoms with van der Waals surface area (Å²) in [7, 11) is 1.24. The van der Waals surface area contributed by atoms with E-state index >= 15 is 0 Å². The average Bonchev–Trinajstić information content (AvgIpc) is 2.15. The zero-order valence-corrected chi connectivity index (χ0v) is 10.4. The Morgan fingerprint density at radius 1 is 1.38 bits per heavy atom. The summed E-state index contributed by atoms with van der Waals surface area (Å²) in [6.07, 6.45) is 0.239. The molecular weight excluding hydrogens is 226 g/mol. The van der Waals surface area contributed by atoms with Gasteiger partial charge in [-0.15, -0.1) is 0 Å². The number of nitrogens with zero attached hydrogens (tertiary/aromatic N) is 1. The fourth-order valence-corrected chi connectivity index (χ4v) is 1.02. The maximum Gasteiger partial charge on any atom is 2.00 e. The van der Waals surface area contributed by atoms with Crippen LogP contribution in [0.25, 0.3) is 0 Å². The second kappa shape index (κ2) is 8.11. The zero-order valence-electron chi connectivity index (χ0n) is 8.97. The fourth-order valence-electron chi connectivity index (χ4n) is 1.02. The van der Waals surface area contributed by atoms with Crippen molar-refractivity contribution < 1.29 is 24.6 Å². The van der Waals surface area contributed by atoms with Crippen molar-refractivity contribution in [3.05, 3.63) is 12.7 Å². The second-order valence-corrected chi connectivity index (χ2v) is 2.90. The summed E-state index contributed by atoms with van der Waals surface area (Å²) < 4.78 is 0. The van der Waals surface area contributed by atoms with E-state index in [0.717, 1.165) is 11.0 Å². The van der Waals surface area contributed by atoms with E-state index in [9.17, 15) is 24.6 Å². The van der Waals surface area contributed by atoms with Gasteiger partial charge in [0.2, 0.25) is 5.91 Å². The Hall–Kier alpha value is -1.08. The van der Waals surface area contributed by atoms with Crippen molar-refractivity contribution in [2.24, 2.45) is 0 Å². The third-order valence-corrected chi connectivity index (χ3v) is 1.88. The normalized spacial score (nSPS) is 10.8. The molecule has 0 aliphatic heterocycles. The van der Waals surface area contributed by atoms with Crippen molar-refractivity contribution in [3.8, 4) is 0 Å². The van der Waals surface area contributed by atoms with E-state index in [0.29, 0.717) is 0 Å². The van der Waals surface area contributed by atoms with Gasteiger partial charge in [0.05, 0.1) is 12.0 Å². The summed E-state index contributed by atoms with van der Waals surface area (Å²) in [4.78, 5) is 32.7. The molecule has 0 bridgehead atoms. The summed E-state index contributed by atoms with van der Waals surface area (Å²) >= 11 is 0. The van der Waals surface area contributed by atoms with Gasteiger partial charge in [-0.3, -0.25) is 4.79 Å². The number of aliphatic carboxylic acids is 2. The van der Waals surface area contributed by atoms with Crippen LogP contribution in [-0.4, -0.2) is 58.9 Å².